The van der Waals surface area contributed by atoms with Gasteiger partial charge in [-0.05, 0) is 37.5 Å². The Morgan fingerprint density at radius 1 is 1.12 bits per heavy atom. The Morgan fingerprint density at radius 2 is 1.92 bits per heavy atom. The maximum absolute atomic E-state index is 12.2. The lowest BCUT2D eigenvalue weighted by molar-refractivity contribution is -0.116. The number of benzene rings is 2. The first-order valence-electron chi connectivity index (χ1n) is 8.03. The van der Waals surface area contributed by atoms with Gasteiger partial charge >= 0.3 is 0 Å². The second-order valence-corrected chi connectivity index (χ2v) is 5.75. The third-order valence-corrected chi connectivity index (χ3v) is 3.84. The van der Waals surface area contributed by atoms with Crippen molar-refractivity contribution in [1.29, 1.82) is 0 Å². The van der Waals surface area contributed by atoms with Gasteiger partial charge in [0.1, 0.15) is 0 Å². The van der Waals surface area contributed by atoms with Crippen LogP contribution in [0.3, 0.4) is 0 Å². The summed E-state index contributed by atoms with van der Waals surface area (Å²) >= 11 is 0. The van der Waals surface area contributed by atoms with Crippen molar-refractivity contribution < 1.29 is 4.79 Å². The minimum absolute atomic E-state index is 0.00896. The van der Waals surface area contributed by atoms with Crippen molar-refractivity contribution >= 4 is 11.6 Å². The number of anilines is 1. The summed E-state index contributed by atoms with van der Waals surface area (Å²) in [6.07, 6.45) is 5.57. The Kier molecular flexibility index (Phi) is 5.01. The highest BCUT2D eigenvalue weighted by atomic mass is 16.1. The van der Waals surface area contributed by atoms with Gasteiger partial charge in [-0.25, -0.2) is 4.68 Å². The van der Waals surface area contributed by atoms with Crippen molar-refractivity contribution in [2.24, 2.45) is 0 Å². The maximum atomic E-state index is 12.2. The molecule has 1 aromatic heterocycles. The lowest BCUT2D eigenvalue weighted by Crippen LogP contribution is -2.13. The standard InChI is InChI=1S/C19H20N4O/c1-15-9-11-16(12-10-15)5-4-8-19(24)21-17-6-2-3-7-18(17)23-14-13-20-22-23/h2-3,6-7,9-14H,4-5,8H2,1H3,(H,21,24). The van der Waals surface area contributed by atoms with Gasteiger partial charge in [-0.3, -0.25) is 4.79 Å². The number of nitrogens with one attached hydrogen (secondary N) is 1. The van der Waals surface area contributed by atoms with E-state index in [-0.39, 0.29) is 5.91 Å². The highest BCUT2D eigenvalue weighted by Gasteiger charge is 2.08. The van der Waals surface area contributed by atoms with Crippen LogP contribution >= 0.6 is 0 Å². The number of aromatic nitrogens is 3. The summed E-state index contributed by atoms with van der Waals surface area (Å²) in [6, 6.07) is 16.0. The average Bonchev–Trinajstić information content (AvgIpc) is 3.11. The summed E-state index contributed by atoms with van der Waals surface area (Å²) in [7, 11) is 0. The van der Waals surface area contributed by atoms with Gasteiger partial charge in [-0.2, -0.15) is 0 Å². The third-order valence-electron chi connectivity index (χ3n) is 3.84. The Hall–Kier alpha value is -2.95. The molecule has 0 bridgehead atoms. The summed E-state index contributed by atoms with van der Waals surface area (Å²) in [5.41, 5.74) is 4.06. The minimum Gasteiger partial charge on any atom is -0.324 e. The summed E-state index contributed by atoms with van der Waals surface area (Å²) < 4.78 is 1.64. The van der Waals surface area contributed by atoms with Gasteiger partial charge in [0, 0.05) is 6.42 Å². The van der Waals surface area contributed by atoms with Crippen molar-refractivity contribution in [2.75, 3.05) is 5.32 Å². The van der Waals surface area contributed by atoms with Crippen molar-refractivity contribution in [1.82, 2.24) is 15.0 Å². The van der Waals surface area contributed by atoms with Gasteiger partial charge in [0.15, 0.2) is 0 Å². The van der Waals surface area contributed by atoms with E-state index in [1.165, 1.54) is 11.1 Å². The molecule has 24 heavy (non-hydrogen) atoms. The van der Waals surface area contributed by atoms with E-state index in [0.29, 0.717) is 6.42 Å². The fourth-order valence-electron chi connectivity index (χ4n) is 2.54. The van der Waals surface area contributed by atoms with E-state index in [0.717, 1.165) is 24.2 Å². The lowest BCUT2D eigenvalue weighted by Gasteiger charge is -2.10. The molecule has 0 fully saturated rings. The number of hydrogen-bond donors (Lipinski definition) is 1. The molecule has 0 aliphatic carbocycles. The van der Waals surface area contributed by atoms with Crippen LogP contribution in [0, 0.1) is 6.92 Å². The molecule has 0 unspecified atom stereocenters. The van der Waals surface area contributed by atoms with Gasteiger partial charge < -0.3 is 5.32 Å². The van der Waals surface area contributed by atoms with Crippen molar-refractivity contribution in [3.05, 3.63) is 72.1 Å². The fourth-order valence-corrected chi connectivity index (χ4v) is 2.54. The van der Waals surface area contributed by atoms with E-state index in [4.69, 9.17) is 0 Å². The Labute approximate surface area is 141 Å². The summed E-state index contributed by atoms with van der Waals surface area (Å²) in [5.74, 6) is 0.00896. The van der Waals surface area contributed by atoms with Crippen molar-refractivity contribution in [2.45, 2.75) is 26.2 Å². The Morgan fingerprint density at radius 3 is 2.67 bits per heavy atom. The fraction of sp³-hybridized carbons (Fsp3) is 0.211. The van der Waals surface area contributed by atoms with Gasteiger partial charge in [0.2, 0.25) is 5.91 Å². The van der Waals surface area contributed by atoms with Crippen LogP contribution in [-0.4, -0.2) is 20.9 Å². The number of nitrogens with zero attached hydrogens (tertiary/aromatic N) is 3. The van der Waals surface area contributed by atoms with Crippen LogP contribution in [0.1, 0.15) is 24.0 Å². The van der Waals surface area contributed by atoms with Crippen LogP contribution < -0.4 is 5.32 Å². The number of para-hydroxylation sites is 2. The zero-order valence-corrected chi connectivity index (χ0v) is 13.6. The van der Waals surface area contributed by atoms with E-state index in [9.17, 15) is 4.79 Å². The predicted molar refractivity (Wildman–Crippen MR) is 94.1 cm³/mol. The van der Waals surface area contributed by atoms with E-state index < -0.39 is 0 Å². The molecule has 122 valence electrons. The quantitative estimate of drug-likeness (QED) is 0.756. The van der Waals surface area contributed by atoms with Gasteiger partial charge in [-0.15, -0.1) is 5.10 Å². The molecular weight excluding hydrogens is 300 g/mol. The molecule has 2 aromatic carbocycles. The van der Waals surface area contributed by atoms with E-state index in [2.05, 4.69) is 46.8 Å². The minimum atomic E-state index is 0.00896. The zero-order chi connectivity index (χ0) is 16.8. The number of amides is 1. The maximum Gasteiger partial charge on any atom is 0.224 e. The molecule has 0 aliphatic heterocycles. The highest BCUT2D eigenvalue weighted by molar-refractivity contribution is 5.92. The highest BCUT2D eigenvalue weighted by Crippen LogP contribution is 2.19. The average molecular weight is 320 g/mol. The smallest absolute Gasteiger partial charge is 0.224 e. The second-order valence-electron chi connectivity index (χ2n) is 5.75. The summed E-state index contributed by atoms with van der Waals surface area (Å²) in [4.78, 5) is 12.2. The number of carbonyl (C=O) groups excluding carboxylic acids is 1. The van der Waals surface area contributed by atoms with E-state index in [1.54, 1.807) is 17.1 Å². The molecule has 0 spiro atoms. The molecule has 0 aliphatic rings. The molecular formula is C19H20N4O. The molecule has 1 amide bonds. The molecule has 1 N–H and O–H groups in total. The van der Waals surface area contributed by atoms with Crippen LogP contribution in [0.4, 0.5) is 5.69 Å². The number of carbonyl (C=O) groups is 1. The number of rotatable bonds is 6. The number of hydrogen-bond acceptors (Lipinski definition) is 3. The molecule has 3 aromatic rings. The molecule has 1 heterocycles. The third kappa shape index (κ3) is 4.07. The number of aryl methyl sites for hydroxylation is 2. The normalized spacial score (nSPS) is 10.5. The molecule has 0 saturated carbocycles. The molecule has 3 rings (SSSR count). The van der Waals surface area contributed by atoms with E-state index >= 15 is 0 Å². The molecule has 5 nitrogen and oxygen atoms in total. The van der Waals surface area contributed by atoms with Crippen molar-refractivity contribution in [3.63, 3.8) is 0 Å². The Balaban J connectivity index is 1.57. The molecule has 5 heteroatoms. The van der Waals surface area contributed by atoms with Gasteiger partial charge in [-0.1, -0.05) is 47.2 Å². The lowest BCUT2D eigenvalue weighted by atomic mass is 10.1. The largest absolute Gasteiger partial charge is 0.324 e. The van der Waals surface area contributed by atoms with Crippen molar-refractivity contribution in [3.8, 4) is 5.69 Å². The first-order valence-corrected chi connectivity index (χ1v) is 8.03. The molecule has 0 saturated heterocycles. The topological polar surface area (TPSA) is 59.8 Å². The summed E-state index contributed by atoms with van der Waals surface area (Å²) in [5, 5.41) is 10.8. The van der Waals surface area contributed by atoms with Gasteiger partial charge in [0.25, 0.3) is 0 Å². The van der Waals surface area contributed by atoms with E-state index in [1.807, 2.05) is 24.3 Å². The molecule has 0 atom stereocenters. The predicted octanol–water partition coefficient (Wildman–Crippen LogP) is 3.54. The van der Waals surface area contributed by atoms with Crippen LogP contribution in [-0.2, 0) is 11.2 Å². The second kappa shape index (κ2) is 7.55. The first kappa shape index (κ1) is 15.9. The van der Waals surface area contributed by atoms with Gasteiger partial charge in [0.05, 0.1) is 23.8 Å². The van der Waals surface area contributed by atoms with Crippen LogP contribution in [0.5, 0.6) is 0 Å². The zero-order valence-electron chi connectivity index (χ0n) is 13.6. The molecule has 0 radical (unpaired) electrons. The SMILES string of the molecule is Cc1ccc(CCCC(=O)Nc2ccccc2-n2ccnn2)cc1. The van der Waals surface area contributed by atoms with Crippen LogP contribution in [0.25, 0.3) is 5.69 Å². The van der Waals surface area contributed by atoms with Crippen LogP contribution in [0.2, 0.25) is 0 Å². The van der Waals surface area contributed by atoms with Crippen LogP contribution in [0.15, 0.2) is 60.9 Å². The summed E-state index contributed by atoms with van der Waals surface area (Å²) in [6.45, 7) is 2.07. The monoisotopic (exact) mass is 320 g/mol. The first-order chi connectivity index (χ1) is 11.7. The Bertz CT molecular complexity index is 794.